The lowest BCUT2D eigenvalue weighted by atomic mass is 10.0. The Morgan fingerprint density at radius 2 is 1.33 bits per heavy atom. The average molecular weight is 368 g/mol. The first-order chi connectivity index (χ1) is 13.3. The molecular weight excluding hydrogens is 330 g/mol. The van der Waals surface area contributed by atoms with Gasteiger partial charge in [-0.15, -0.1) is 0 Å². The minimum atomic E-state index is 0.823. The van der Waals surface area contributed by atoms with Gasteiger partial charge in [0.25, 0.3) is 0 Å². The normalized spacial score (nSPS) is 10.9. The number of benzene rings is 1. The molecule has 0 saturated carbocycles. The summed E-state index contributed by atoms with van der Waals surface area (Å²) in [6.07, 6.45) is 15.5. The van der Waals surface area contributed by atoms with Crippen LogP contribution in [0.15, 0.2) is 42.6 Å². The van der Waals surface area contributed by atoms with Crippen LogP contribution < -0.4 is 4.74 Å². The van der Waals surface area contributed by atoms with Gasteiger partial charge in [0.2, 0.25) is 0 Å². The molecule has 0 amide bonds. The molecule has 27 heavy (non-hydrogen) atoms. The van der Waals surface area contributed by atoms with Crippen LogP contribution in [-0.4, -0.2) is 11.6 Å². The van der Waals surface area contributed by atoms with Gasteiger partial charge in [-0.25, -0.2) is 0 Å². The minimum absolute atomic E-state index is 0.823. The van der Waals surface area contributed by atoms with E-state index in [0.717, 1.165) is 38.0 Å². The van der Waals surface area contributed by atoms with E-state index in [1.807, 2.05) is 0 Å². The molecule has 2 nitrogen and oxygen atoms in total. The number of ether oxygens (including phenoxy) is 1. The summed E-state index contributed by atoms with van der Waals surface area (Å²) in [5, 5.41) is 0. The second-order valence-electron chi connectivity index (χ2n) is 7.52. The fourth-order valence-electron chi connectivity index (χ4n) is 3.24. The fourth-order valence-corrected chi connectivity index (χ4v) is 3.24. The molecule has 0 N–H and O–H groups in total. The van der Waals surface area contributed by atoms with Crippen molar-refractivity contribution < 1.29 is 4.74 Å². The third-order valence-corrected chi connectivity index (χ3v) is 5.06. The van der Waals surface area contributed by atoms with Crippen molar-refractivity contribution in [3.8, 4) is 5.75 Å². The summed E-state index contributed by atoms with van der Waals surface area (Å²) in [7, 11) is 0. The van der Waals surface area contributed by atoms with Crippen molar-refractivity contribution in [1.29, 1.82) is 0 Å². The summed E-state index contributed by atoms with van der Waals surface area (Å²) < 4.78 is 5.78. The summed E-state index contributed by atoms with van der Waals surface area (Å²) >= 11 is 0. The van der Waals surface area contributed by atoms with E-state index < -0.39 is 0 Å². The van der Waals surface area contributed by atoms with Crippen LogP contribution >= 0.6 is 0 Å². The maximum Gasteiger partial charge on any atom is 0.119 e. The molecular formula is C25H37NO. The van der Waals surface area contributed by atoms with Crippen molar-refractivity contribution in [3.63, 3.8) is 0 Å². The minimum Gasteiger partial charge on any atom is -0.494 e. The molecule has 0 atom stereocenters. The lowest BCUT2D eigenvalue weighted by molar-refractivity contribution is 0.306. The van der Waals surface area contributed by atoms with Gasteiger partial charge in [0, 0.05) is 11.9 Å². The van der Waals surface area contributed by atoms with Crippen molar-refractivity contribution in [2.45, 2.75) is 84.5 Å². The van der Waals surface area contributed by atoms with Crippen LogP contribution in [0.2, 0.25) is 0 Å². The van der Waals surface area contributed by atoms with Crippen LogP contribution in [-0.2, 0) is 19.3 Å². The lowest BCUT2D eigenvalue weighted by Gasteiger charge is -2.07. The number of aryl methyl sites for hydroxylation is 3. The highest BCUT2D eigenvalue weighted by Crippen LogP contribution is 2.15. The second kappa shape index (κ2) is 13.4. The number of nitrogens with zero attached hydrogens (tertiary/aromatic N) is 1. The van der Waals surface area contributed by atoms with Crippen LogP contribution in [0.25, 0.3) is 0 Å². The van der Waals surface area contributed by atoms with Gasteiger partial charge in [0.15, 0.2) is 0 Å². The first-order valence-electron chi connectivity index (χ1n) is 11.0. The van der Waals surface area contributed by atoms with Gasteiger partial charge in [0.05, 0.1) is 6.61 Å². The maximum absolute atomic E-state index is 5.78. The predicted octanol–water partition coefficient (Wildman–Crippen LogP) is 6.95. The second-order valence-corrected chi connectivity index (χ2v) is 7.52. The topological polar surface area (TPSA) is 22.1 Å². The molecule has 2 heteroatoms. The van der Waals surface area contributed by atoms with E-state index in [1.165, 1.54) is 61.8 Å². The van der Waals surface area contributed by atoms with E-state index in [1.54, 1.807) is 0 Å². The monoisotopic (exact) mass is 367 g/mol. The molecule has 2 aromatic rings. The standard InChI is InChI=1S/C25H37NO/c1-3-5-7-8-9-11-24-17-14-23(21-26-24)13-12-22-15-18-25(19-16-22)27-20-10-6-4-2/h14-19,21H,3-13,20H2,1-2H3. The number of pyridine rings is 1. The molecule has 0 bridgehead atoms. The Kier molecular flexibility index (Phi) is 10.6. The predicted molar refractivity (Wildman–Crippen MR) is 116 cm³/mol. The Morgan fingerprint density at radius 1 is 0.667 bits per heavy atom. The highest BCUT2D eigenvalue weighted by molar-refractivity contribution is 5.28. The maximum atomic E-state index is 5.78. The van der Waals surface area contributed by atoms with E-state index in [2.05, 4.69) is 61.4 Å². The lowest BCUT2D eigenvalue weighted by Crippen LogP contribution is -1.98. The van der Waals surface area contributed by atoms with Gasteiger partial charge in [-0.3, -0.25) is 4.98 Å². The smallest absolute Gasteiger partial charge is 0.119 e. The first kappa shape index (κ1) is 21.5. The van der Waals surface area contributed by atoms with E-state index >= 15 is 0 Å². The molecule has 0 radical (unpaired) electrons. The Labute approximate surface area is 166 Å². The van der Waals surface area contributed by atoms with Crippen LogP contribution in [0.5, 0.6) is 5.75 Å². The van der Waals surface area contributed by atoms with Crippen LogP contribution in [0.3, 0.4) is 0 Å². The molecule has 1 heterocycles. The summed E-state index contributed by atoms with van der Waals surface area (Å²) in [5.74, 6) is 0.986. The van der Waals surface area contributed by atoms with Gasteiger partial charge >= 0.3 is 0 Å². The average Bonchev–Trinajstić information content (AvgIpc) is 2.71. The number of rotatable bonds is 14. The zero-order chi connectivity index (χ0) is 19.2. The van der Waals surface area contributed by atoms with Crippen molar-refractivity contribution in [2.75, 3.05) is 6.61 Å². The fraction of sp³-hybridized carbons (Fsp3) is 0.560. The molecule has 148 valence electrons. The third-order valence-electron chi connectivity index (χ3n) is 5.06. The van der Waals surface area contributed by atoms with Crippen molar-refractivity contribution >= 4 is 0 Å². The van der Waals surface area contributed by atoms with Gasteiger partial charge in [0.1, 0.15) is 5.75 Å². The molecule has 0 aliphatic rings. The van der Waals surface area contributed by atoms with Gasteiger partial charge in [-0.05, 0) is 61.4 Å². The van der Waals surface area contributed by atoms with Crippen LogP contribution in [0.1, 0.15) is 82.0 Å². The molecule has 0 saturated heterocycles. The highest BCUT2D eigenvalue weighted by atomic mass is 16.5. The summed E-state index contributed by atoms with van der Waals surface area (Å²) in [6, 6.07) is 13.0. The quantitative estimate of drug-likeness (QED) is 0.337. The molecule has 1 aromatic heterocycles. The summed E-state index contributed by atoms with van der Waals surface area (Å²) in [5.41, 5.74) is 3.92. The Balaban J connectivity index is 1.68. The largest absolute Gasteiger partial charge is 0.494 e. The molecule has 0 unspecified atom stereocenters. The van der Waals surface area contributed by atoms with Crippen molar-refractivity contribution in [3.05, 3.63) is 59.4 Å². The van der Waals surface area contributed by atoms with E-state index in [4.69, 9.17) is 4.74 Å². The van der Waals surface area contributed by atoms with E-state index in [-0.39, 0.29) is 0 Å². The van der Waals surface area contributed by atoms with Crippen LogP contribution in [0, 0.1) is 0 Å². The van der Waals surface area contributed by atoms with E-state index in [9.17, 15) is 0 Å². The SMILES string of the molecule is CCCCCCCc1ccc(CCc2ccc(OCCCCC)cc2)cn1. The molecule has 1 aromatic carbocycles. The Bertz CT molecular complexity index is 603. The third kappa shape index (κ3) is 9.08. The Morgan fingerprint density at radius 3 is 2.04 bits per heavy atom. The van der Waals surface area contributed by atoms with E-state index in [0.29, 0.717) is 0 Å². The van der Waals surface area contributed by atoms with Crippen molar-refractivity contribution in [2.24, 2.45) is 0 Å². The number of aromatic nitrogens is 1. The number of unbranched alkanes of at least 4 members (excludes halogenated alkanes) is 6. The molecule has 0 fully saturated rings. The molecule has 0 aliphatic heterocycles. The molecule has 0 aliphatic carbocycles. The summed E-state index contributed by atoms with van der Waals surface area (Å²) in [6.45, 7) is 5.30. The zero-order valence-corrected chi connectivity index (χ0v) is 17.4. The Hall–Kier alpha value is -1.83. The molecule has 2 rings (SSSR count). The molecule has 0 spiro atoms. The first-order valence-corrected chi connectivity index (χ1v) is 11.0. The van der Waals surface area contributed by atoms with Crippen LogP contribution in [0.4, 0.5) is 0 Å². The van der Waals surface area contributed by atoms with Gasteiger partial charge in [-0.1, -0.05) is 70.6 Å². The number of hydrogen-bond acceptors (Lipinski definition) is 2. The highest BCUT2D eigenvalue weighted by Gasteiger charge is 2.00. The van der Waals surface area contributed by atoms with Gasteiger partial charge in [-0.2, -0.15) is 0 Å². The summed E-state index contributed by atoms with van der Waals surface area (Å²) in [4.78, 5) is 4.65. The van der Waals surface area contributed by atoms with Gasteiger partial charge < -0.3 is 4.74 Å². The van der Waals surface area contributed by atoms with Crippen molar-refractivity contribution in [1.82, 2.24) is 4.98 Å². The zero-order valence-electron chi connectivity index (χ0n) is 17.4. The number of hydrogen-bond donors (Lipinski definition) is 0.